The Morgan fingerprint density at radius 1 is 1.25 bits per heavy atom. The van der Waals surface area contributed by atoms with Gasteiger partial charge in [-0.05, 0) is 33.3 Å². The molecule has 0 atom stereocenters. The standard InChI is InChI=1S/C13H17BClF2NO2/c1-12(2)13(3,4)20-14(19-12)9-5-8(6-10(16)17)11(15)18-7-9/h5,7,10H,6H2,1-4H3. The van der Waals surface area contributed by atoms with E-state index in [1.165, 1.54) is 6.20 Å². The lowest BCUT2D eigenvalue weighted by molar-refractivity contribution is 0.00578. The molecule has 0 aliphatic carbocycles. The van der Waals surface area contributed by atoms with Crippen LogP contribution in [0.5, 0.6) is 0 Å². The Morgan fingerprint density at radius 3 is 2.30 bits per heavy atom. The summed E-state index contributed by atoms with van der Waals surface area (Å²) in [5, 5.41) is 0.0885. The lowest BCUT2D eigenvalue weighted by Crippen LogP contribution is -2.41. The normalized spacial score (nSPS) is 20.7. The van der Waals surface area contributed by atoms with Gasteiger partial charge in [-0.25, -0.2) is 13.8 Å². The Kier molecular flexibility index (Phi) is 4.11. The Hall–Kier alpha value is -0.715. The Balaban J connectivity index is 2.27. The summed E-state index contributed by atoms with van der Waals surface area (Å²) in [7, 11) is -0.624. The maximum Gasteiger partial charge on any atom is 0.496 e. The van der Waals surface area contributed by atoms with E-state index in [0.29, 0.717) is 11.0 Å². The molecule has 0 N–H and O–H groups in total. The monoisotopic (exact) mass is 303 g/mol. The molecule has 1 aliphatic heterocycles. The second-order valence-corrected chi connectivity index (χ2v) is 6.26. The van der Waals surface area contributed by atoms with Gasteiger partial charge in [-0.15, -0.1) is 0 Å². The number of nitrogens with zero attached hydrogens (tertiary/aromatic N) is 1. The van der Waals surface area contributed by atoms with Crippen LogP contribution < -0.4 is 5.46 Å². The predicted molar refractivity (Wildman–Crippen MR) is 74.7 cm³/mol. The average molecular weight is 304 g/mol. The Bertz CT molecular complexity index is 495. The molecule has 1 fully saturated rings. The van der Waals surface area contributed by atoms with E-state index in [9.17, 15) is 8.78 Å². The molecule has 0 spiro atoms. The molecule has 7 heteroatoms. The average Bonchev–Trinajstić information content (AvgIpc) is 2.50. The van der Waals surface area contributed by atoms with Crippen LogP contribution in [0.15, 0.2) is 12.3 Å². The van der Waals surface area contributed by atoms with Crippen LogP contribution in [0.1, 0.15) is 33.3 Å². The van der Waals surface area contributed by atoms with Gasteiger partial charge in [0.05, 0.1) is 11.2 Å². The molecule has 0 unspecified atom stereocenters. The summed E-state index contributed by atoms with van der Waals surface area (Å²) in [5.41, 5.74) is -0.0713. The van der Waals surface area contributed by atoms with Crippen molar-refractivity contribution < 1.29 is 18.1 Å². The Morgan fingerprint density at radius 2 is 1.80 bits per heavy atom. The van der Waals surface area contributed by atoms with Crippen LogP contribution in [0.25, 0.3) is 0 Å². The highest BCUT2D eigenvalue weighted by Crippen LogP contribution is 2.36. The Labute approximate surface area is 122 Å². The molecule has 0 aromatic carbocycles. The third kappa shape index (κ3) is 2.97. The van der Waals surface area contributed by atoms with Gasteiger partial charge in [0.25, 0.3) is 0 Å². The van der Waals surface area contributed by atoms with E-state index in [-0.39, 0.29) is 5.15 Å². The smallest absolute Gasteiger partial charge is 0.399 e. The highest BCUT2D eigenvalue weighted by atomic mass is 35.5. The van der Waals surface area contributed by atoms with Gasteiger partial charge in [-0.1, -0.05) is 17.7 Å². The minimum Gasteiger partial charge on any atom is -0.399 e. The summed E-state index contributed by atoms with van der Waals surface area (Å²) in [5.74, 6) is 0. The zero-order valence-electron chi connectivity index (χ0n) is 11.9. The van der Waals surface area contributed by atoms with Crippen molar-refractivity contribution in [2.24, 2.45) is 0 Å². The SMILES string of the molecule is CC1(C)OB(c2cnc(Cl)c(CC(F)F)c2)OC1(C)C. The van der Waals surface area contributed by atoms with Crippen molar-refractivity contribution in [3.05, 3.63) is 23.0 Å². The number of rotatable bonds is 3. The van der Waals surface area contributed by atoms with Crippen LogP contribution >= 0.6 is 11.6 Å². The summed E-state index contributed by atoms with van der Waals surface area (Å²) in [6.07, 6.45) is -1.40. The molecule has 1 aromatic rings. The summed E-state index contributed by atoms with van der Waals surface area (Å²) in [4.78, 5) is 3.94. The molecular formula is C13H17BClF2NO2. The molecule has 1 saturated heterocycles. The van der Waals surface area contributed by atoms with E-state index < -0.39 is 31.2 Å². The highest BCUT2D eigenvalue weighted by Gasteiger charge is 2.51. The fraction of sp³-hybridized carbons (Fsp3) is 0.615. The first kappa shape index (κ1) is 15.7. The van der Waals surface area contributed by atoms with Crippen LogP contribution in [0.4, 0.5) is 8.78 Å². The molecule has 0 saturated carbocycles. The topological polar surface area (TPSA) is 31.4 Å². The van der Waals surface area contributed by atoms with Gasteiger partial charge in [0.1, 0.15) is 5.15 Å². The lowest BCUT2D eigenvalue weighted by Gasteiger charge is -2.32. The number of hydrogen-bond acceptors (Lipinski definition) is 3. The van der Waals surface area contributed by atoms with E-state index in [1.54, 1.807) is 6.07 Å². The molecule has 1 aliphatic rings. The van der Waals surface area contributed by atoms with Gasteiger partial charge in [0, 0.05) is 18.1 Å². The largest absolute Gasteiger partial charge is 0.496 e. The molecule has 3 nitrogen and oxygen atoms in total. The van der Waals surface area contributed by atoms with Crippen LogP contribution in [-0.2, 0) is 15.7 Å². The third-order valence-corrected chi connectivity index (χ3v) is 4.17. The number of halogens is 3. The number of aromatic nitrogens is 1. The zero-order chi connectivity index (χ0) is 15.1. The van der Waals surface area contributed by atoms with E-state index in [1.807, 2.05) is 27.7 Å². The molecule has 20 heavy (non-hydrogen) atoms. The van der Waals surface area contributed by atoms with Gasteiger partial charge >= 0.3 is 7.12 Å². The molecule has 110 valence electrons. The van der Waals surface area contributed by atoms with E-state index in [0.717, 1.165) is 0 Å². The quantitative estimate of drug-likeness (QED) is 0.635. The molecule has 0 bridgehead atoms. The van der Waals surface area contributed by atoms with Crippen LogP contribution in [0.2, 0.25) is 5.15 Å². The number of alkyl halides is 2. The summed E-state index contributed by atoms with van der Waals surface area (Å²) in [6, 6.07) is 1.57. The van der Waals surface area contributed by atoms with Crippen LogP contribution in [0, 0.1) is 0 Å². The summed E-state index contributed by atoms with van der Waals surface area (Å²) >= 11 is 5.83. The summed E-state index contributed by atoms with van der Waals surface area (Å²) in [6.45, 7) is 7.71. The first-order valence-corrected chi connectivity index (χ1v) is 6.78. The van der Waals surface area contributed by atoms with Crippen molar-refractivity contribution in [3.8, 4) is 0 Å². The molecule has 1 aromatic heterocycles. The minimum absolute atomic E-state index is 0.0885. The van der Waals surface area contributed by atoms with E-state index >= 15 is 0 Å². The molecule has 0 amide bonds. The van der Waals surface area contributed by atoms with Gasteiger partial charge < -0.3 is 9.31 Å². The van der Waals surface area contributed by atoms with Crippen molar-refractivity contribution in [3.63, 3.8) is 0 Å². The minimum atomic E-state index is -2.47. The van der Waals surface area contributed by atoms with Crippen molar-refractivity contribution in [1.82, 2.24) is 4.98 Å². The van der Waals surface area contributed by atoms with E-state index in [2.05, 4.69) is 4.98 Å². The van der Waals surface area contributed by atoms with Gasteiger partial charge in [-0.2, -0.15) is 0 Å². The fourth-order valence-electron chi connectivity index (χ4n) is 1.93. The fourth-order valence-corrected chi connectivity index (χ4v) is 2.11. The van der Waals surface area contributed by atoms with Crippen molar-refractivity contribution in [2.45, 2.75) is 51.7 Å². The van der Waals surface area contributed by atoms with Gasteiger partial charge in [0.2, 0.25) is 6.43 Å². The number of hydrogen-bond donors (Lipinski definition) is 0. The lowest BCUT2D eigenvalue weighted by atomic mass is 9.79. The molecule has 2 heterocycles. The van der Waals surface area contributed by atoms with Crippen LogP contribution in [0.3, 0.4) is 0 Å². The zero-order valence-corrected chi connectivity index (χ0v) is 12.7. The maximum absolute atomic E-state index is 12.5. The second kappa shape index (κ2) is 5.24. The molecule has 2 rings (SSSR count). The van der Waals surface area contributed by atoms with Crippen molar-refractivity contribution in [1.29, 1.82) is 0 Å². The first-order valence-electron chi connectivity index (χ1n) is 6.40. The highest BCUT2D eigenvalue weighted by molar-refractivity contribution is 6.62. The summed E-state index contributed by atoms with van der Waals surface area (Å²) < 4.78 is 36.7. The predicted octanol–water partition coefficient (Wildman–Crippen LogP) is 2.84. The molecular weight excluding hydrogens is 286 g/mol. The van der Waals surface area contributed by atoms with Crippen LogP contribution in [-0.4, -0.2) is 29.7 Å². The second-order valence-electron chi connectivity index (χ2n) is 5.90. The van der Waals surface area contributed by atoms with E-state index in [4.69, 9.17) is 20.9 Å². The third-order valence-electron chi connectivity index (χ3n) is 3.83. The van der Waals surface area contributed by atoms with Gasteiger partial charge in [-0.3, -0.25) is 0 Å². The first-order chi connectivity index (χ1) is 9.12. The van der Waals surface area contributed by atoms with Crippen molar-refractivity contribution >= 4 is 24.2 Å². The molecule has 0 radical (unpaired) electrons. The van der Waals surface area contributed by atoms with Crippen molar-refractivity contribution in [2.75, 3.05) is 0 Å². The van der Waals surface area contributed by atoms with Gasteiger partial charge in [0.15, 0.2) is 0 Å². The number of pyridine rings is 1. The maximum atomic E-state index is 12.5.